The average molecular weight is 268 g/mol. The number of carbonyl (C=O) groups is 1. The zero-order valence-corrected chi connectivity index (χ0v) is 12.6. The molecule has 4 heteroatoms. The number of carbonyl (C=O) groups excluding carboxylic acids is 1. The number of nitrogens with zero attached hydrogens (tertiary/aromatic N) is 1. The minimum absolute atomic E-state index is 0.0208. The Hall–Kier alpha value is -0.610. The van der Waals surface area contributed by atoms with Gasteiger partial charge in [0.05, 0.1) is 5.54 Å². The van der Waals surface area contributed by atoms with Crippen LogP contribution in [-0.2, 0) is 9.53 Å². The molecule has 110 valence electrons. The maximum Gasteiger partial charge on any atom is 0.252 e. The summed E-state index contributed by atoms with van der Waals surface area (Å²) in [4.78, 5) is 14.9. The van der Waals surface area contributed by atoms with Crippen molar-refractivity contribution in [1.29, 1.82) is 0 Å². The van der Waals surface area contributed by atoms with Gasteiger partial charge in [0.25, 0.3) is 5.91 Å². The van der Waals surface area contributed by atoms with Crippen LogP contribution in [0.2, 0.25) is 0 Å². The second kappa shape index (κ2) is 5.80. The van der Waals surface area contributed by atoms with Crippen LogP contribution in [0, 0.1) is 0 Å². The topological polar surface area (TPSA) is 41.6 Å². The van der Waals surface area contributed by atoms with Gasteiger partial charge in [-0.25, -0.2) is 0 Å². The lowest BCUT2D eigenvalue weighted by atomic mass is 9.94. The molecule has 2 rings (SSSR count). The molecule has 1 atom stereocenters. The first-order valence-corrected chi connectivity index (χ1v) is 7.72. The number of ether oxygens (including phenoxy) is 1. The molecule has 1 amide bonds. The number of rotatable bonds is 6. The Morgan fingerprint density at radius 3 is 2.37 bits per heavy atom. The number of hydrogen-bond acceptors (Lipinski definition) is 3. The molecule has 1 saturated carbocycles. The Balaban J connectivity index is 1.91. The van der Waals surface area contributed by atoms with E-state index in [1.165, 1.54) is 0 Å². The highest BCUT2D eigenvalue weighted by atomic mass is 16.5. The summed E-state index contributed by atoms with van der Waals surface area (Å²) in [6.45, 7) is 10.1. The predicted octanol–water partition coefficient (Wildman–Crippen LogP) is 1.94. The van der Waals surface area contributed by atoms with E-state index in [1.807, 2.05) is 6.92 Å². The van der Waals surface area contributed by atoms with Gasteiger partial charge in [0.15, 0.2) is 0 Å². The highest BCUT2D eigenvalue weighted by molar-refractivity contribution is 5.85. The summed E-state index contributed by atoms with van der Waals surface area (Å²) in [6, 6.07) is 0. The monoisotopic (exact) mass is 268 g/mol. The van der Waals surface area contributed by atoms with E-state index < -0.39 is 5.60 Å². The first-order valence-electron chi connectivity index (χ1n) is 7.72. The Morgan fingerprint density at radius 1 is 1.21 bits per heavy atom. The van der Waals surface area contributed by atoms with Crippen molar-refractivity contribution in [3.8, 4) is 0 Å². The Kier molecular flexibility index (Phi) is 4.51. The molecular weight excluding hydrogens is 240 g/mol. The summed E-state index contributed by atoms with van der Waals surface area (Å²) in [5.41, 5.74) is -0.579. The lowest BCUT2D eigenvalue weighted by Gasteiger charge is -2.35. The molecule has 0 unspecified atom stereocenters. The van der Waals surface area contributed by atoms with Gasteiger partial charge in [0, 0.05) is 13.2 Å². The van der Waals surface area contributed by atoms with Gasteiger partial charge in [-0.3, -0.25) is 4.79 Å². The van der Waals surface area contributed by atoms with Crippen LogP contribution < -0.4 is 5.32 Å². The van der Waals surface area contributed by atoms with E-state index in [2.05, 4.69) is 24.1 Å². The second-order valence-electron chi connectivity index (χ2n) is 6.23. The molecule has 19 heavy (non-hydrogen) atoms. The lowest BCUT2D eigenvalue weighted by Crippen LogP contribution is -2.55. The molecular formula is C15H28N2O2. The van der Waals surface area contributed by atoms with Crippen molar-refractivity contribution in [3.05, 3.63) is 0 Å². The molecule has 0 bridgehead atoms. The van der Waals surface area contributed by atoms with Crippen LogP contribution in [0.15, 0.2) is 0 Å². The minimum atomic E-state index is -0.600. The summed E-state index contributed by atoms with van der Waals surface area (Å²) < 4.78 is 5.73. The van der Waals surface area contributed by atoms with E-state index in [0.29, 0.717) is 6.61 Å². The zero-order chi connectivity index (χ0) is 13.9. The van der Waals surface area contributed by atoms with E-state index in [-0.39, 0.29) is 11.4 Å². The van der Waals surface area contributed by atoms with Gasteiger partial charge in [-0.1, -0.05) is 13.8 Å². The number of amides is 1. The number of likely N-dealkylation sites (N-methyl/N-ethyl adjacent to an activating group) is 1. The van der Waals surface area contributed by atoms with Crippen molar-refractivity contribution in [2.75, 3.05) is 26.2 Å². The Bertz CT molecular complexity index is 316. The van der Waals surface area contributed by atoms with Crippen LogP contribution in [0.25, 0.3) is 0 Å². The van der Waals surface area contributed by atoms with Gasteiger partial charge >= 0.3 is 0 Å². The summed E-state index contributed by atoms with van der Waals surface area (Å²) in [7, 11) is 0. The third-order valence-corrected chi connectivity index (χ3v) is 4.60. The maximum atomic E-state index is 12.5. The molecule has 0 radical (unpaired) electrons. The smallest absolute Gasteiger partial charge is 0.252 e. The van der Waals surface area contributed by atoms with Gasteiger partial charge in [-0.2, -0.15) is 0 Å². The molecule has 1 heterocycles. The summed E-state index contributed by atoms with van der Waals surface area (Å²) in [5, 5.41) is 3.27. The van der Waals surface area contributed by atoms with Crippen molar-refractivity contribution in [2.24, 2.45) is 0 Å². The first-order chi connectivity index (χ1) is 9.03. The molecule has 0 aromatic rings. The Labute approximate surface area is 116 Å². The predicted molar refractivity (Wildman–Crippen MR) is 76.1 cm³/mol. The molecule has 0 aromatic heterocycles. The molecule has 2 aliphatic rings. The van der Waals surface area contributed by atoms with E-state index in [4.69, 9.17) is 4.74 Å². The van der Waals surface area contributed by atoms with Crippen LogP contribution in [0.4, 0.5) is 0 Å². The zero-order valence-electron chi connectivity index (χ0n) is 12.6. The molecule has 1 aliphatic heterocycles. The first kappa shape index (κ1) is 14.8. The lowest BCUT2D eigenvalue weighted by molar-refractivity contribution is -0.151. The standard InChI is InChI=1S/C15H28N2O2/c1-4-17(5-2)12-15(9-10-15)16-13(18)14(3)8-6-7-11-19-14/h4-12H2,1-3H3,(H,16,18)/t14-/m0/s1. The number of hydrogen-bond donors (Lipinski definition) is 1. The van der Waals surface area contributed by atoms with Crippen molar-refractivity contribution < 1.29 is 9.53 Å². The fourth-order valence-corrected chi connectivity index (χ4v) is 2.83. The van der Waals surface area contributed by atoms with Gasteiger partial charge in [-0.15, -0.1) is 0 Å². The fraction of sp³-hybridized carbons (Fsp3) is 0.933. The van der Waals surface area contributed by atoms with Gasteiger partial charge in [-0.05, 0) is 52.1 Å². The van der Waals surface area contributed by atoms with Crippen LogP contribution in [-0.4, -0.2) is 48.2 Å². The molecule has 0 spiro atoms. The third kappa shape index (κ3) is 3.48. The molecule has 4 nitrogen and oxygen atoms in total. The van der Waals surface area contributed by atoms with Crippen LogP contribution in [0.1, 0.15) is 52.9 Å². The molecule has 1 aliphatic carbocycles. The highest BCUT2D eigenvalue weighted by Gasteiger charge is 2.48. The van der Waals surface area contributed by atoms with E-state index in [1.54, 1.807) is 0 Å². The van der Waals surface area contributed by atoms with Gasteiger partial charge in [0.2, 0.25) is 0 Å². The van der Waals surface area contributed by atoms with Crippen molar-refractivity contribution in [2.45, 2.75) is 64.0 Å². The van der Waals surface area contributed by atoms with Crippen molar-refractivity contribution >= 4 is 5.91 Å². The number of nitrogens with one attached hydrogen (secondary N) is 1. The van der Waals surface area contributed by atoms with E-state index in [0.717, 1.165) is 51.7 Å². The molecule has 1 N–H and O–H groups in total. The van der Waals surface area contributed by atoms with Crippen LogP contribution in [0.5, 0.6) is 0 Å². The SMILES string of the molecule is CCN(CC)CC1(NC(=O)[C@]2(C)CCCCO2)CC1. The van der Waals surface area contributed by atoms with Gasteiger partial charge in [0.1, 0.15) is 5.60 Å². The van der Waals surface area contributed by atoms with E-state index in [9.17, 15) is 4.79 Å². The summed E-state index contributed by atoms with van der Waals surface area (Å²) >= 11 is 0. The fourth-order valence-electron chi connectivity index (χ4n) is 2.83. The minimum Gasteiger partial charge on any atom is -0.365 e. The third-order valence-electron chi connectivity index (χ3n) is 4.60. The molecule has 1 saturated heterocycles. The largest absolute Gasteiger partial charge is 0.365 e. The van der Waals surface area contributed by atoms with E-state index >= 15 is 0 Å². The second-order valence-corrected chi connectivity index (χ2v) is 6.23. The molecule has 2 fully saturated rings. The quantitative estimate of drug-likeness (QED) is 0.800. The van der Waals surface area contributed by atoms with Crippen LogP contribution in [0.3, 0.4) is 0 Å². The van der Waals surface area contributed by atoms with Crippen molar-refractivity contribution in [1.82, 2.24) is 10.2 Å². The summed E-state index contributed by atoms with van der Waals surface area (Å²) in [5.74, 6) is 0.0943. The molecule has 0 aromatic carbocycles. The Morgan fingerprint density at radius 2 is 1.89 bits per heavy atom. The normalized spacial score (nSPS) is 29.3. The van der Waals surface area contributed by atoms with Crippen molar-refractivity contribution in [3.63, 3.8) is 0 Å². The summed E-state index contributed by atoms with van der Waals surface area (Å²) in [6.07, 6.45) is 5.22. The van der Waals surface area contributed by atoms with Gasteiger partial charge < -0.3 is 15.0 Å². The average Bonchev–Trinajstić information content (AvgIpc) is 3.16. The van der Waals surface area contributed by atoms with Crippen LogP contribution >= 0.6 is 0 Å². The maximum absolute atomic E-state index is 12.5. The highest BCUT2D eigenvalue weighted by Crippen LogP contribution is 2.37.